The summed E-state index contributed by atoms with van der Waals surface area (Å²) in [5, 5.41) is 11.3. The van der Waals surface area contributed by atoms with Gasteiger partial charge in [-0.15, -0.1) is 0 Å². The highest BCUT2D eigenvalue weighted by Crippen LogP contribution is 2.43. The number of nitrogens with zero attached hydrogens (tertiary/aromatic N) is 2. The van der Waals surface area contributed by atoms with Crippen LogP contribution in [0.1, 0.15) is 40.8 Å². The number of aliphatic hydroxyl groups is 1. The molecule has 0 radical (unpaired) electrons. The molecule has 1 N–H and O–H groups in total. The summed E-state index contributed by atoms with van der Waals surface area (Å²) in [5.74, 6) is -0.790. The van der Waals surface area contributed by atoms with Crippen molar-refractivity contribution < 1.29 is 19.4 Å². The van der Waals surface area contributed by atoms with Gasteiger partial charge in [0.15, 0.2) is 0 Å². The monoisotopic (exact) mass is 440 g/mol. The smallest absolute Gasteiger partial charge is 0.300 e. The van der Waals surface area contributed by atoms with E-state index in [1.54, 1.807) is 36.7 Å². The third-order valence-corrected chi connectivity index (χ3v) is 6.40. The summed E-state index contributed by atoms with van der Waals surface area (Å²) in [6.07, 6.45) is 4.01. The quantitative estimate of drug-likeness (QED) is 0.364. The molecule has 3 heterocycles. The van der Waals surface area contributed by atoms with Gasteiger partial charge in [-0.3, -0.25) is 19.5 Å². The Morgan fingerprint density at radius 1 is 1.03 bits per heavy atom. The molecule has 2 unspecified atom stereocenters. The van der Waals surface area contributed by atoms with E-state index in [9.17, 15) is 14.7 Å². The Balaban J connectivity index is 1.69. The van der Waals surface area contributed by atoms with Crippen molar-refractivity contribution in [3.05, 3.63) is 94.3 Å². The second-order valence-electron chi connectivity index (χ2n) is 8.67. The number of hydrogen-bond donors (Lipinski definition) is 1. The molecule has 1 fully saturated rings. The van der Waals surface area contributed by atoms with E-state index in [4.69, 9.17) is 4.74 Å². The highest BCUT2D eigenvalue weighted by molar-refractivity contribution is 6.51. The van der Waals surface area contributed by atoms with Gasteiger partial charge in [0.05, 0.1) is 11.6 Å². The molecule has 0 aliphatic carbocycles. The number of aliphatic hydroxyl groups excluding tert-OH is 1. The zero-order valence-corrected chi connectivity index (χ0v) is 18.7. The van der Waals surface area contributed by atoms with Crippen molar-refractivity contribution >= 4 is 23.1 Å². The highest BCUT2D eigenvalue weighted by atomic mass is 16.5. The minimum Gasteiger partial charge on any atom is -0.507 e. The summed E-state index contributed by atoms with van der Waals surface area (Å²) in [6.45, 7) is 5.94. The minimum absolute atomic E-state index is 0.0598. The molecule has 1 aromatic heterocycles. The number of fused-ring (bicyclic) bond motifs is 1. The normalized spacial score (nSPS) is 21.2. The molecular formula is C27H24N2O4. The fourth-order valence-electron chi connectivity index (χ4n) is 4.56. The molecule has 0 saturated carbocycles. The lowest BCUT2D eigenvalue weighted by Crippen LogP contribution is -2.29. The zero-order chi connectivity index (χ0) is 23.3. The Kier molecular flexibility index (Phi) is 5.01. The van der Waals surface area contributed by atoms with Crippen molar-refractivity contribution in [2.75, 3.05) is 4.90 Å². The van der Waals surface area contributed by atoms with Crippen LogP contribution in [0.5, 0.6) is 5.75 Å². The van der Waals surface area contributed by atoms with Gasteiger partial charge >= 0.3 is 0 Å². The number of rotatable bonds is 3. The molecule has 2 aliphatic rings. The van der Waals surface area contributed by atoms with Crippen LogP contribution in [-0.4, -0.2) is 27.9 Å². The summed E-state index contributed by atoms with van der Waals surface area (Å²) < 4.78 is 5.76. The maximum atomic E-state index is 13.3. The molecule has 2 aliphatic heterocycles. The Morgan fingerprint density at radius 2 is 1.79 bits per heavy atom. The molecule has 0 bridgehead atoms. The number of amides is 1. The second kappa shape index (κ2) is 7.89. The summed E-state index contributed by atoms with van der Waals surface area (Å²) >= 11 is 0. The van der Waals surface area contributed by atoms with Crippen molar-refractivity contribution in [3.8, 4) is 5.75 Å². The van der Waals surface area contributed by atoms with E-state index in [1.165, 1.54) is 4.90 Å². The van der Waals surface area contributed by atoms with Crippen LogP contribution >= 0.6 is 0 Å². The van der Waals surface area contributed by atoms with Gasteiger partial charge in [0.1, 0.15) is 17.6 Å². The van der Waals surface area contributed by atoms with Crippen molar-refractivity contribution in [2.24, 2.45) is 0 Å². The molecule has 3 aromatic rings. The third kappa shape index (κ3) is 3.48. The lowest BCUT2D eigenvalue weighted by Gasteiger charge is -2.26. The van der Waals surface area contributed by atoms with Crippen LogP contribution in [0.4, 0.5) is 5.69 Å². The number of anilines is 1. The standard InChI is InChI=1S/C27H24N2O4/c1-15-4-6-21(12-16(15)2)29-24(18-8-10-28-11-9-18)23(26(31)27(29)32)25(30)19-5-7-22-20(14-19)13-17(3)33-22/h4-12,14,17,24,30H,13H2,1-3H3/b25-23-. The first-order valence-corrected chi connectivity index (χ1v) is 10.9. The first-order chi connectivity index (χ1) is 15.8. The molecule has 5 rings (SSSR count). The highest BCUT2D eigenvalue weighted by Gasteiger charge is 2.47. The molecule has 33 heavy (non-hydrogen) atoms. The zero-order valence-electron chi connectivity index (χ0n) is 18.7. The van der Waals surface area contributed by atoms with Gasteiger partial charge in [-0.05, 0) is 85.5 Å². The Hall–Kier alpha value is -3.93. The number of ketones is 1. The van der Waals surface area contributed by atoms with E-state index in [-0.39, 0.29) is 17.4 Å². The molecule has 2 atom stereocenters. The van der Waals surface area contributed by atoms with Gasteiger partial charge < -0.3 is 9.84 Å². The van der Waals surface area contributed by atoms with Crippen LogP contribution in [0.3, 0.4) is 0 Å². The van der Waals surface area contributed by atoms with E-state index in [0.717, 1.165) is 28.9 Å². The Bertz CT molecular complexity index is 1310. The van der Waals surface area contributed by atoms with E-state index >= 15 is 0 Å². The van der Waals surface area contributed by atoms with Crippen LogP contribution in [-0.2, 0) is 16.0 Å². The first kappa shape index (κ1) is 20.9. The van der Waals surface area contributed by atoms with Crippen LogP contribution in [0, 0.1) is 13.8 Å². The molecule has 6 nitrogen and oxygen atoms in total. The van der Waals surface area contributed by atoms with Crippen molar-refractivity contribution in [2.45, 2.75) is 39.3 Å². The Labute approximate surface area is 192 Å². The fraction of sp³-hybridized carbons (Fsp3) is 0.222. The van der Waals surface area contributed by atoms with Crippen LogP contribution < -0.4 is 9.64 Å². The predicted molar refractivity (Wildman–Crippen MR) is 125 cm³/mol. The van der Waals surface area contributed by atoms with E-state index in [2.05, 4.69) is 4.98 Å². The molecular weight excluding hydrogens is 416 g/mol. The van der Waals surface area contributed by atoms with E-state index in [1.807, 2.05) is 45.0 Å². The van der Waals surface area contributed by atoms with Crippen LogP contribution in [0.2, 0.25) is 0 Å². The summed E-state index contributed by atoms with van der Waals surface area (Å²) in [7, 11) is 0. The molecule has 0 spiro atoms. The van der Waals surface area contributed by atoms with E-state index < -0.39 is 17.7 Å². The number of carbonyl (C=O) groups excluding carboxylic acids is 2. The maximum Gasteiger partial charge on any atom is 0.300 e. The van der Waals surface area contributed by atoms with Gasteiger partial charge in [0.2, 0.25) is 0 Å². The van der Waals surface area contributed by atoms with Gasteiger partial charge in [0.25, 0.3) is 11.7 Å². The SMILES string of the molecule is Cc1ccc(N2C(=O)C(=O)/C(=C(\O)c3ccc4c(c3)CC(C)O4)C2c2ccncc2)cc1C. The minimum atomic E-state index is -0.765. The first-order valence-electron chi connectivity index (χ1n) is 10.9. The number of Topliss-reactive ketones (excluding diaryl/α,β-unsaturated/α-hetero) is 1. The largest absolute Gasteiger partial charge is 0.507 e. The number of aromatic nitrogens is 1. The van der Waals surface area contributed by atoms with Crippen molar-refractivity contribution in [1.29, 1.82) is 0 Å². The number of benzene rings is 2. The summed E-state index contributed by atoms with van der Waals surface area (Å²) in [5.41, 5.74) is 4.93. The molecule has 6 heteroatoms. The van der Waals surface area contributed by atoms with Crippen molar-refractivity contribution in [3.63, 3.8) is 0 Å². The van der Waals surface area contributed by atoms with E-state index in [0.29, 0.717) is 16.8 Å². The average molecular weight is 440 g/mol. The Morgan fingerprint density at radius 3 is 2.52 bits per heavy atom. The van der Waals surface area contributed by atoms with Gasteiger partial charge in [0, 0.05) is 30.1 Å². The molecule has 166 valence electrons. The molecule has 2 aromatic carbocycles. The number of ether oxygens (including phenoxy) is 1. The average Bonchev–Trinajstić information content (AvgIpc) is 3.31. The van der Waals surface area contributed by atoms with Crippen molar-refractivity contribution in [1.82, 2.24) is 4.98 Å². The van der Waals surface area contributed by atoms with Gasteiger partial charge in [-0.1, -0.05) is 6.07 Å². The van der Waals surface area contributed by atoms with Gasteiger partial charge in [-0.25, -0.2) is 0 Å². The number of aryl methyl sites for hydroxylation is 2. The van der Waals surface area contributed by atoms with Crippen LogP contribution in [0.25, 0.3) is 5.76 Å². The number of carbonyl (C=O) groups is 2. The van der Waals surface area contributed by atoms with Crippen LogP contribution in [0.15, 0.2) is 66.5 Å². The maximum absolute atomic E-state index is 13.3. The second-order valence-corrected chi connectivity index (χ2v) is 8.67. The summed E-state index contributed by atoms with van der Waals surface area (Å²) in [6, 6.07) is 13.8. The third-order valence-electron chi connectivity index (χ3n) is 6.40. The van der Waals surface area contributed by atoms with Gasteiger partial charge in [-0.2, -0.15) is 0 Å². The fourth-order valence-corrected chi connectivity index (χ4v) is 4.56. The number of hydrogen-bond acceptors (Lipinski definition) is 5. The molecule has 1 amide bonds. The number of pyridine rings is 1. The molecule has 1 saturated heterocycles. The topological polar surface area (TPSA) is 79.7 Å². The summed E-state index contributed by atoms with van der Waals surface area (Å²) in [4.78, 5) is 32.1. The predicted octanol–water partition coefficient (Wildman–Crippen LogP) is 4.65. The lowest BCUT2D eigenvalue weighted by atomic mass is 9.94. The lowest BCUT2D eigenvalue weighted by molar-refractivity contribution is -0.132.